The monoisotopic (exact) mass is 315 g/mol. The minimum Gasteiger partial charge on any atom is -0.305 e. The minimum atomic E-state index is -0.00292. The Hall–Kier alpha value is -0.490. The van der Waals surface area contributed by atoms with Crippen molar-refractivity contribution in [1.29, 1.82) is 0 Å². The summed E-state index contributed by atoms with van der Waals surface area (Å²) in [5.41, 5.74) is 1.06. The summed E-state index contributed by atoms with van der Waals surface area (Å²) >= 11 is 9.13. The van der Waals surface area contributed by atoms with Gasteiger partial charge in [-0.15, -0.1) is 16.4 Å². The average molecular weight is 316 g/mol. The standard InChI is InChI=1S/C13H18ClN3S2/c1-5-15-10(8-6-7-9(14)18-8)11-12(13(2,3)4)16-17-19-11/h6-7,10,15H,5H2,1-4H3. The highest BCUT2D eigenvalue weighted by Crippen LogP contribution is 2.37. The van der Waals surface area contributed by atoms with Gasteiger partial charge in [0, 0.05) is 10.3 Å². The van der Waals surface area contributed by atoms with Crippen molar-refractivity contribution in [3.8, 4) is 0 Å². The fraction of sp³-hybridized carbons (Fsp3) is 0.538. The van der Waals surface area contributed by atoms with E-state index in [0.29, 0.717) is 0 Å². The summed E-state index contributed by atoms with van der Waals surface area (Å²) in [4.78, 5) is 2.40. The molecule has 0 radical (unpaired) electrons. The van der Waals surface area contributed by atoms with Crippen LogP contribution in [0.15, 0.2) is 12.1 Å². The molecule has 2 aromatic heterocycles. The third-order valence-electron chi connectivity index (χ3n) is 2.77. The average Bonchev–Trinajstić information content (AvgIpc) is 2.93. The van der Waals surface area contributed by atoms with Crippen molar-refractivity contribution in [2.75, 3.05) is 6.54 Å². The third-order valence-corrected chi connectivity index (χ3v) is 4.86. The van der Waals surface area contributed by atoms with Crippen molar-refractivity contribution >= 4 is 34.5 Å². The zero-order chi connectivity index (χ0) is 14.0. The fourth-order valence-corrected chi connectivity index (χ4v) is 4.10. The van der Waals surface area contributed by atoms with Crippen LogP contribution in [0.5, 0.6) is 0 Å². The van der Waals surface area contributed by atoms with E-state index in [1.807, 2.05) is 6.07 Å². The number of nitrogens with zero attached hydrogens (tertiary/aromatic N) is 2. The quantitative estimate of drug-likeness (QED) is 0.916. The molecule has 1 N–H and O–H groups in total. The van der Waals surface area contributed by atoms with Crippen LogP contribution in [-0.2, 0) is 5.41 Å². The van der Waals surface area contributed by atoms with Gasteiger partial charge in [0.1, 0.15) is 0 Å². The van der Waals surface area contributed by atoms with Crippen LogP contribution in [0.1, 0.15) is 49.2 Å². The largest absolute Gasteiger partial charge is 0.305 e. The molecule has 0 spiro atoms. The van der Waals surface area contributed by atoms with Gasteiger partial charge in [0.15, 0.2) is 0 Å². The van der Waals surface area contributed by atoms with Crippen LogP contribution in [0, 0.1) is 0 Å². The highest BCUT2D eigenvalue weighted by molar-refractivity contribution is 7.16. The van der Waals surface area contributed by atoms with Crippen LogP contribution in [-0.4, -0.2) is 16.1 Å². The summed E-state index contributed by atoms with van der Waals surface area (Å²) in [7, 11) is 0. The first-order valence-electron chi connectivity index (χ1n) is 6.24. The molecular weight excluding hydrogens is 298 g/mol. The Bertz CT molecular complexity index is 542. The summed E-state index contributed by atoms with van der Waals surface area (Å²) in [6, 6.07) is 4.15. The van der Waals surface area contributed by atoms with E-state index in [0.717, 1.165) is 16.6 Å². The van der Waals surface area contributed by atoms with E-state index < -0.39 is 0 Å². The number of aromatic nitrogens is 2. The molecule has 0 saturated heterocycles. The molecule has 2 aromatic rings. The lowest BCUT2D eigenvalue weighted by atomic mass is 9.90. The number of rotatable bonds is 4. The van der Waals surface area contributed by atoms with Crippen molar-refractivity contribution in [2.24, 2.45) is 0 Å². The van der Waals surface area contributed by atoms with Crippen molar-refractivity contribution in [1.82, 2.24) is 14.9 Å². The van der Waals surface area contributed by atoms with E-state index in [1.54, 1.807) is 11.3 Å². The van der Waals surface area contributed by atoms with Gasteiger partial charge in [0.05, 0.1) is 20.9 Å². The van der Waals surface area contributed by atoms with Gasteiger partial charge in [-0.2, -0.15) is 0 Å². The molecule has 0 fully saturated rings. The van der Waals surface area contributed by atoms with Crippen LogP contribution in [0.3, 0.4) is 0 Å². The summed E-state index contributed by atoms with van der Waals surface area (Å²) in [5, 5.41) is 7.83. The second kappa shape index (κ2) is 5.87. The van der Waals surface area contributed by atoms with Crippen molar-refractivity contribution in [2.45, 2.75) is 39.2 Å². The molecule has 0 aromatic carbocycles. The molecule has 6 heteroatoms. The Labute approximate surface area is 127 Å². The molecule has 0 amide bonds. The normalized spacial score (nSPS) is 13.7. The maximum atomic E-state index is 6.06. The number of hydrogen-bond acceptors (Lipinski definition) is 5. The highest BCUT2D eigenvalue weighted by Gasteiger charge is 2.28. The predicted molar refractivity (Wildman–Crippen MR) is 83.5 cm³/mol. The molecular formula is C13H18ClN3S2. The highest BCUT2D eigenvalue weighted by atomic mass is 35.5. The maximum absolute atomic E-state index is 6.06. The smallest absolute Gasteiger partial charge is 0.0931 e. The summed E-state index contributed by atoms with van der Waals surface area (Å²) in [5.74, 6) is 0. The molecule has 0 aliphatic carbocycles. The first-order valence-corrected chi connectivity index (χ1v) is 8.21. The Balaban J connectivity index is 2.43. The number of halogens is 1. The summed E-state index contributed by atoms with van der Waals surface area (Å²) in [6.07, 6.45) is 0. The van der Waals surface area contributed by atoms with Gasteiger partial charge in [-0.05, 0) is 30.2 Å². The van der Waals surface area contributed by atoms with E-state index in [2.05, 4.69) is 48.7 Å². The number of nitrogens with one attached hydrogen (secondary N) is 1. The Morgan fingerprint density at radius 2 is 2.11 bits per heavy atom. The molecule has 0 bridgehead atoms. The zero-order valence-electron chi connectivity index (χ0n) is 11.5. The molecule has 104 valence electrons. The first-order chi connectivity index (χ1) is 8.93. The lowest BCUT2D eigenvalue weighted by Gasteiger charge is -2.21. The van der Waals surface area contributed by atoms with Gasteiger partial charge in [-0.3, -0.25) is 0 Å². The topological polar surface area (TPSA) is 37.8 Å². The van der Waals surface area contributed by atoms with Crippen LogP contribution in [0.2, 0.25) is 4.34 Å². The lowest BCUT2D eigenvalue weighted by molar-refractivity contribution is 0.545. The first kappa shape index (κ1) is 14.9. The van der Waals surface area contributed by atoms with Gasteiger partial charge >= 0.3 is 0 Å². The van der Waals surface area contributed by atoms with Gasteiger partial charge in [0.25, 0.3) is 0 Å². The molecule has 1 atom stereocenters. The van der Waals surface area contributed by atoms with Gasteiger partial charge in [-0.1, -0.05) is 43.8 Å². The maximum Gasteiger partial charge on any atom is 0.0931 e. The molecule has 3 nitrogen and oxygen atoms in total. The Morgan fingerprint density at radius 1 is 1.37 bits per heavy atom. The zero-order valence-corrected chi connectivity index (χ0v) is 13.9. The number of thiophene rings is 1. The van der Waals surface area contributed by atoms with Crippen molar-refractivity contribution in [3.05, 3.63) is 31.9 Å². The fourth-order valence-electron chi connectivity index (χ4n) is 1.92. The SMILES string of the molecule is CCNC(c1ccc(Cl)s1)c1snnc1C(C)(C)C. The minimum absolute atomic E-state index is 0.00292. The Morgan fingerprint density at radius 3 is 2.63 bits per heavy atom. The van der Waals surface area contributed by atoms with Crippen LogP contribution in [0.25, 0.3) is 0 Å². The molecule has 0 saturated carbocycles. The molecule has 2 heterocycles. The Kier molecular flexibility index (Phi) is 4.61. The second-order valence-electron chi connectivity index (χ2n) is 5.37. The van der Waals surface area contributed by atoms with Gasteiger partial charge < -0.3 is 5.32 Å². The van der Waals surface area contributed by atoms with E-state index in [-0.39, 0.29) is 11.5 Å². The van der Waals surface area contributed by atoms with Crippen molar-refractivity contribution in [3.63, 3.8) is 0 Å². The van der Waals surface area contributed by atoms with Crippen molar-refractivity contribution < 1.29 is 0 Å². The molecule has 0 aliphatic rings. The molecule has 2 rings (SSSR count). The summed E-state index contributed by atoms with van der Waals surface area (Å²) in [6.45, 7) is 9.49. The molecule has 0 aliphatic heterocycles. The van der Waals surface area contributed by atoms with E-state index >= 15 is 0 Å². The molecule has 19 heavy (non-hydrogen) atoms. The number of hydrogen-bond donors (Lipinski definition) is 1. The molecule has 1 unspecified atom stereocenters. The van der Waals surface area contributed by atoms with Crippen LogP contribution >= 0.6 is 34.5 Å². The van der Waals surface area contributed by atoms with E-state index in [1.165, 1.54) is 21.3 Å². The van der Waals surface area contributed by atoms with Gasteiger partial charge in [0.2, 0.25) is 0 Å². The third kappa shape index (κ3) is 3.34. The van der Waals surface area contributed by atoms with E-state index in [4.69, 9.17) is 11.6 Å². The van der Waals surface area contributed by atoms with Crippen LogP contribution < -0.4 is 5.32 Å². The predicted octanol–water partition coefficient (Wildman–Crippen LogP) is 4.25. The summed E-state index contributed by atoms with van der Waals surface area (Å²) < 4.78 is 4.96. The van der Waals surface area contributed by atoms with Crippen LogP contribution in [0.4, 0.5) is 0 Å². The second-order valence-corrected chi connectivity index (χ2v) is 7.90. The lowest BCUT2D eigenvalue weighted by Crippen LogP contribution is -2.24. The van der Waals surface area contributed by atoms with Gasteiger partial charge in [-0.25, -0.2) is 0 Å². The van der Waals surface area contributed by atoms with E-state index in [9.17, 15) is 0 Å².